The topological polar surface area (TPSA) is 74.4 Å². The molecule has 3 aromatic rings. The van der Waals surface area contributed by atoms with E-state index in [1.165, 1.54) is 11.1 Å². The number of nitrogens with zero attached hydrogens (tertiary/aromatic N) is 3. The molecule has 0 amide bonds. The zero-order valence-corrected chi connectivity index (χ0v) is 19.6. The largest absolute Gasteiger partial charge is 0.506 e. The first kappa shape index (κ1) is 21.5. The van der Waals surface area contributed by atoms with E-state index in [1.54, 1.807) is 12.3 Å². The Kier molecular flexibility index (Phi) is 4.85. The van der Waals surface area contributed by atoms with Crippen molar-refractivity contribution >= 4 is 16.8 Å². The molecule has 6 nitrogen and oxygen atoms in total. The van der Waals surface area contributed by atoms with Crippen LogP contribution in [0, 0.1) is 0 Å². The van der Waals surface area contributed by atoms with E-state index >= 15 is 0 Å². The van der Waals surface area contributed by atoms with E-state index in [1.807, 2.05) is 12.1 Å². The highest BCUT2D eigenvalue weighted by molar-refractivity contribution is 5.92. The van der Waals surface area contributed by atoms with Crippen LogP contribution in [0.5, 0.6) is 5.75 Å². The van der Waals surface area contributed by atoms with Crippen LogP contribution in [-0.4, -0.2) is 51.3 Å². The van der Waals surface area contributed by atoms with Gasteiger partial charge in [-0.15, -0.1) is 10.2 Å². The SMILES string of the molecule is Oc1c(-c2nnc(N[C@@H]3CCCN(C4CC(F)(F)C4)C3)c3c2C2CCC3CC2)ccc2occc12. The Bertz CT molecular complexity index is 1280. The van der Waals surface area contributed by atoms with Gasteiger partial charge in [0.25, 0.3) is 5.92 Å². The molecule has 8 rings (SSSR count). The van der Waals surface area contributed by atoms with Crippen molar-refractivity contribution in [2.75, 3.05) is 18.4 Å². The maximum Gasteiger partial charge on any atom is 0.251 e. The van der Waals surface area contributed by atoms with Gasteiger partial charge in [0.1, 0.15) is 17.0 Å². The highest BCUT2D eigenvalue weighted by Gasteiger charge is 2.48. The van der Waals surface area contributed by atoms with Crippen molar-refractivity contribution in [3.63, 3.8) is 0 Å². The average molecular weight is 481 g/mol. The van der Waals surface area contributed by atoms with Crippen LogP contribution in [0.2, 0.25) is 0 Å². The third-order valence-electron chi connectivity index (χ3n) is 8.83. The lowest BCUT2D eigenvalue weighted by Crippen LogP contribution is -2.55. The van der Waals surface area contributed by atoms with Gasteiger partial charge in [0.2, 0.25) is 0 Å². The third-order valence-corrected chi connectivity index (χ3v) is 8.83. The maximum atomic E-state index is 13.5. The van der Waals surface area contributed by atoms with Crippen LogP contribution >= 0.6 is 0 Å². The fourth-order valence-corrected chi connectivity index (χ4v) is 7.02. The van der Waals surface area contributed by atoms with Gasteiger partial charge < -0.3 is 14.8 Å². The van der Waals surface area contributed by atoms with Crippen LogP contribution in [0.3, 0.4) is 0 Å². The van der Waals surface area contributed by atoms with Crippen molar-refractivity contribution in [2.45, 2.75) is 81.2 Å². The molecule has 1 atom stereocenters. The zero-order valence-electron chi connectivity index (χ0n) is 19.6. The van der Waals surface area contributed by atoms with Crippen molar-refractivity contribution < 1.29 is 18.3 Å². The number of rotatable bonds is 4. The number of benzene rings is 1. The van der Waals surface area contributed by atoms with E-state index in [2.05, 4.69) is 20.4 Å². The number of fused-ring (bicyclic) bond motifs is 3. The fourth-order valence-electron chi connectivity index (χ4n) is 7.02. The number of hydrogen-bond acceptors (Lipinski definition) is 6. The number of piperidine rings is 1. The number of alkyl halides is 2. The molecule has 4 aliphatic carbocycles. The summed E-state index contributed by atoms with van der Waals surface area (Å²) in [6, 6.07) is 5.72. The van der Waals surface area contributed by atoms with Crippen LogP contribution in [-0.2, 0) is 0 Å². The number of nitrogens with one attached hydrogen (secondary N) is 1. The van der Waals surface area contributed by atoms with E-state index < -0.39 is 5.92 Å². The van der Waals surface area contributed by atoms with Crippen molar-refractivity contribution in [2.24, 2.45) is 0 Å². The molecule has 2 aromatic heterocycles. The molecule has 3 heterocycles. The highest BCUT2D eigenvalue weighted by atomic mass is 19.3. The minimum absolute atomic E-state index is 0.00574. The molecule has 8 heteroatoms. The number of aromatic hydroxyl groups is 1. The minimum Gasteiger partial charge on any atom is -0.506 e. The minimum atomic E-state index is -2.49. The van der Waals surface area contributed by atoms with Crippen LogP contribution < -0.4 is 5.32 Å². The molecule has 35 heavy (non-hydrogen) atoms. The predicted octanol–water partition coefficient (Wildman–Crippen LogP) is 6.02. The summed E-state index contributed by atoms with van der Waals surface area (Å²) < 4.78 is 32.4. The third kappa shape index (κ3) is 3.51. The molecule has 184 valence electrons. The van der Waals surface area contributed by atoms with Gasteiger partial charge in [-0.25, -0.2) is 8.78 Å². The molecule has 0 unspecified atom stereocenters. The predicted molar refractivity (Wildman–Crippen MR) is 129 cm³/mol. The lowest BCUT2D eigenvalue weighted by Gasteiger charge is -2.46. The second kappa shape index (κ2) is 7.88. The number of hydrogen-bond donors (Lipinski definition) is 2. The highest BCUT2D eigenvalue weighted by Crippen LogP contribution is 2.54. The molecule has 2 bridgehead atoms. The Morgan fingerprint density at radius 2 is 1.77 bits per heavy atom. The quantitative estimate of drug-likeness (QED) is 0.475. The Balaban J connectivity index is 1.23. The molecule has 0 radical (unpaired) electrons. The van der Waals surface area contributed by atoms with Gasteiger partial charge in [0, 0.05) is 42.6 Å². The molecule has 1 saturated heterocycles. The fraction of sp³-hybridized carbons (Fsp3) is 0.556. The Morgan fingerprint density at radius 3 is 2.54 bits per heavy atom. The summed E-state index contributed by atoms with van der Waals surface area (Å²) in [7, 11) is 0. The summed E-state index contributed by atoms with van der Waals surface area (Å²) >= 11 is 0. The molecule has 0 spiro atoms. The smallest absolute Gasteiger partial charge is 0.251 e. The number of aromatic nitrogens is 2. The van der Waals surface area contributed by atoms with Crippen LogP contribution in [0.25, 0.3) is 22.2 Å². The normalized spacial score (nSPS) is 28.1. The van der Waals surface area contributed by atoms with E-state index in [0.717, 1.165) is 63.1 Å². The van der Waals surface area contributed by atoms with E-state index in [-0.39, 0.29) is 30.7 Å². The van der Waals surface area contributed by atoms with Gasteiger partial charge in [-0.3, -0.25) is 4.90 Å². The first-order valence-corrected chi connectivity index (χ1v) is 13.0. The van der Waals surface area contributed by atoms with Crippen molar-refractivity contribution in [3.8, 4) is 17.0 Å². The van der Waals surface area contributed by atoms with E-state index in [9.17, 15) is 13.9 Å². The number of phenols is 1. The maximum absolute atomic E-state index is 13.5. The molecule has 1 aromatic carbocycles. The zero-order chi connectivity index (χ0) is 23.7. The average Bonchev–Trinajstić information content (AvgIpc) is 3.34. The second-order valence-electron chi connectivity index (χ2n) is 11.0. The number of likely N-dealkylation sites (tertiary alicyclic amines) is 1. The standard InChI is InChI=1S/C27H30F2N4O2/c28-27(29)12-18(13-27)33-10-1-2-17(14-33)30-26-23-16-5-3-15(4-6-16)22(23)24(31-32-26)20-7-8-21-19(25(20)34)9-11-35-21/h7-9,11,15-18,34H,1-6,10,12-14H2,(H,30,32)/t15?,16?,17-/m1/s1. The van der Waals surface area contributed by atoms with Crippen molar-refractivity contribution in [1.82, 2.24) is 15.1 Å². The van der Waals surface area contributed by atoms with Gasteiger partial charge in [0.05, 0.1) is 11.6 Å². The van der Waals surface area contributed by atoms with Crippen LogP contribution in [0.4, 0.5) is 14.6 Å². The summed E-state index contributed by atoms with van der Waals surface area (Å²) in [6.07, 6.45) is 8.13. The van der Waals surface area contributed by atoms with Gasteiger partial charge in [-0.05, 0) is 80.7 Å². The first-order valence-electron chi connectivity index (χ1n) is 13.0. The van der Waals surface area contributed by atoms with Gasteiger partial charge in [0.15, 0.2) is 5.82 Å². The molecule has 2 saturated carbocycles. The Morgan fingerprint density at radius 1 is 1.00 bits per heavy atom. The number of anilines is 1. The van der Waals surface area contributed by atoms with Gasteiger partial charge in [-0.2, -0.15) is 0 Å². The molecule has 1 aliphatic heterocycles. The first-order chi connectivity index (χ1) is 17.0. The summed E-state index contributed by atoms with van der Waals surface area (Å²) in [5.74, 6) is -0.588. The Labute approximate surface area is 202 Å². The summed E-state index contributed by atoms with van der Waals surface area (Å²) in [5.41, 5.74) is 4.63. The van der Waals surface area contributed by atoms with Gasteiger partial charge in [-0.1, -0.05) is 0 Å². The summed E-state index contributed by atoms with van der Waals surface area (Å²) in [6.45, 7) is 1.66. The summed E-state index contributed by atoms with van der Waals surface area (Å²) in [4.78, 5) is 2.23. The lowest BCUT2D eigenvalue weighted by atomic mass is 9.66. The lowest BCUT2D eigenvalue weighted by molar-refractivity contribution is -0.127. The molecule has 3 fully saturated rings. The van der Waals surface area contributed by atoms with E-state index in [4.69, 9.17) is 4.42 Å². The van der Waals surface area contributed by atoms with E-state index in [0.29, 0.717) is 28.4 Å². The van der Waals surface area contributed by atoms with Crippen molar-refractivity contribution in [3.05, 3.63) is 35.6 Å². The molecule has 5 aliphatic rings. The molecule has 2 N–H and O–H groups in total. The monoisotopic (exact) mass is 480 g/mol. The van der Waals surface area contributed by atoms with Crippen molar-refractivity contribution in [1.29, 1.82) is 0 Å². The molecular weight excluding hydrogens is 450 g/mol. The Hall–Kier alpha value is -2.74. The number of halogens is 2. The van der Waals surface area contributed by atoms with Crippen LogP contribution in [0.1, 0.15) is 74.3 Å². The second-order valence-corrected chi connectivity index (χ2v) is 11.0. The van der Waals surface area contributed by atoms with Gasteiger partial charge >= 0.3 is 0 Å². The van der Waals surface area contributed by atoms with Crippen LogP contribution in [0.15, 0.2) is 28.9 Å². The number of furan rings is 1. The number of phenolic OH excluding ortho intramolecular Hbond substituents is 1. The molecular formula is C27H30F2N4O2. The summed E-state index contributed by atoms with van der Waals surface area (Å²) in [5, 5.41) is 24.8.